The molecular formula is C19H29NO3. The second-order valence-electron chi connectivity index (χ2n) is 6.85. The Balaban J connectivity index is 2.06. The molecule has 0 saturated carbocycles. The SMILES string of the molecule is [2H]C1([2H])[C@@H](O)[C@@]([2H])(CC(C)C)CN2CCc3cc(OC)c(OC)cc3[C@@H]21. The maximum Gasteiger partial charge on any atom is 0.161 e. The van der Waals surface area contributed by atoms with Gasteiger partial charge in [0.05, 0.1) is 20.3 Å². The average molecular weight is 322 g/mol. The van der Waals surface area contributed by atoms with Gasteiger partial charge in [-0.2, -0.15) is 0 Å². The minimum absolute atomic E-state index is 0.218. The van der Waals surface area contributed by atoms with Gasteiger partial charge in [0.25, 0.3) is 0 Å². The Bertz CT molecular complexity index is 682. The monoisotopic (exact) mass is 322 g/mol. The molecule has 0 aliphatic carbocycles. The fourth-order valence-electron chi connectivity index (χ4n) is 3.68. The quantitative estimate of drug-likeness (QED) is 0.925. The van der Waals surface area contributed by atoms with E-state index in [1.807, 2.05) is 30.9 Å². The van der Waals surface area contributed by atoms with Gasteiger partial charge in [-0.15, -0.1) is 0 Å². The van der Waals surface area contributed by atoms with Gasteiger partial charge in [-0.25, -0.2) is 0 Å². The Morgan fingerprint density at radius 3 is 2.70 bits per heavy atom. The third kappa shape index (κ3) is 3.20. The number of ether oxygens (including phenoxy) is 2. The Kier molecular flexibility index (Phi) is 3.81. The maximum atomic E-state index is 10.9. The normalized spacial score (nSPS) is 34.8. The van der Waals surface area contributed by atoms with Crippen LogP contribution in [-0.2, 0) is 6.42 Å². The number of aliphatic hydroxyl groups is 1. The first-order valence-corrected chi connectivity index (χ1v) is 8.31. The van der Waals surface area contributed by atoms with Crippen LogP contribution in [0.2, 0.25) is 0 Å². The van der Waals surface area contributed by atoms with Crippen molar-refractivity contribution in [2.75, 3.05) is 27.3 Å². The number of benzene rings is 1. The zero-order valence-corrected chi connectivity index (χ0v) is 14.4. The fraction of sp³-hybridized carbons (Fsp3) is 0.684. The standard InChI is InChI=1S/C19H29NO3/c1-12(2)7-14-11-20-6-5-13-8-18(22-3)19(23-4)9-15(13)16(20)10-17(14)21/h8-9,12,14,16-17,21H,5-7,10-11H2,1-4H3/t14-,16-,17+/m0/s1/i10D2,14D. The molecule has 1 aromatic rings. The predicted molar refractivity (Wildman–Crippen MR) is 91.1 cm³/mol. The summed E-state index contributed by atoms with van der Waals surface area (Å²) >= 11 is 0. The van der Waals surface area contributed by atoms with Crippen LogP contribution in [0, 0.1) is 11.8 Å². The van der Waals surface area contributed by atoms with Crippen molar-refractivity contribution in [1.82, 2.24) is 4.90 Å². The number of aliphatic hydroxyl groups excluding tert-OH is 1. The molecule has 0 amide bonds. The molecule has 2 heterocycles. The summed E-state index contributed by atoms with van der Waals surface area (Å²) in [5, 5.41) is 10.9. The Hall–Kier alpha value is -1.26. The largest absolute Gasteiger partial charge is 0.493 e. The van der Waals surface area contributed by atoms with Crippen LogP contribution in [-0.4, -0.2) is 43.4 Å². The molecule has 1 N–H and O–H groups in total. The number of hydrogen-bond acceptors (Lipinski definition) is 4. The summed E-state index contributed by atoms with van der Waals surface area (Å²) in [6, 6.07) is 3.14. The van der Waals surface area contributed by atoms with Crippen LogP contribution in [0.15, 0.2) is 12.1 Å². The first-order chi connectivity index (χ1) is 12.1. The first-order valence-electron chi connectivity index (χ1n) is 9.81. The first kappa shape index (κ1) is 13.1. The van der Waals surface area contributed by atoms with Crippen LogP contribution in [0.1, 0.15) is 47.9 Å². The zero-order valence-electron chi connectivity index (χ0n) is 17.4. The molecule has 0 radical (unpaired) electrons. The topological polar surface area (TPSA) is 41.9 Å². The van der Waals surface area contributed by atoms with Crippen molar-refractivity contribution in [1.29, 1.82) is 0 Å². The minimum atomic E-state index is -1.93. The van der Waals surface area contributed by atoms with E-state index in [2.05, 4.69) is 0 Å². The summed E-state index contributed by atoms with van der Waals surface area (Å²) in [7, 11) is 3.15. The van der Waals surface area contributed by atoms with Gasteiger partial charge in [0.15, 0.2) is 11.5 Å². The van der Waals surface area contributed by atoms with Crippen LogP contribution >= 0.6 is 0 Å². The summed E-state index contributed by atoms with van der Waals surface area (Å²) in [6.07, 6.45) is -2.05. The molecule has 2 aliphatic heterocycles. The summed E-state index contributed by atoms with van der Waals surface area (Å²) in [6.45, 7) is 5.04. The number of rotatable bonds is 4. The van der Waals surface area contributed by atoms with Gasteiger partial charge in [0.2, 0.25) is 0 Å². The van der Waals surface area contributed by atoms with Gasteiger partial charge < -0.3 is 14.6 Å². The lowest BCUT2D eigenvalue weighted by Crippen LogP contribution is -2.48. The molecule has 3 atom stereocenters. The van der Waals surface area contributed by atoms with Crippen molar-refractivity contribution in [2.45, 2.75) is 45.2 Å². The molecule has 0 bridgehead atoms. The third-order valence-electron chi connectivity index (χ3n) is 4.75. The molecule has 3 rings (SSSR count). The van der Waals surface area contributed by atoms with E-state index in [9.17, 15) is 5.11 Å². The van der Waals surface area contributed by atoms with Gasteiger partial charge in [0.1, 0.15) is 0 Å². The van der Waals surface area contributed by atoms with E-state index in [0.717, 1.165) is 17.5 Å². The molecule has 1 aromatic carbocycles. The Morgan fingerprint density at radius 1 is 1.35 bits per heavy atom. The molecule has 0 aromatic heterocycles. The molecule has 128 valence electrons. The highest BCUT2D eigenvalue weighted by Crippen LogP contribution is 2.43. The van der Waals surface area contributed by atoms with Crippen molar-refractivity contribution < 1.29 is 18.7 Å². The summed E-state index contributed by atoms with van der Waals surface area (Å²) in [5.41, 5.74) is 1.84. The van der Waals surface area contributed by atoms with Crippen LogP contribution in [0.4, 0.5) is 0 Å². The van der Waals surface area contributed by atoms with Crippen LogP contribution in [0.3, 0.4) is 0 Å². The Labute approximate surface area is 143 Å². The molecule has 23 heavy (non-hydrogen) atoms. The van der Waals surface area contributed by atoms with Crippen molar-refractivity contribution in [3.05, 3.63) is 23.3 Å². The van der Waals surface area contributed by atoms with E-state index in [-0.39, 0.29) is 5.92 Å². The van der Waals surface area contributed by atoms with Crippen molar-refractivity contribution in [2.24, 2.45) is 11.8 Å². The molecule has 1 saturated heterocycles. The van der Waals surface area contributed by atoms with Gasteiger partial charge in [-0.3, -0.25) is 4.90 Å². The van der Waals surface area contributed by atoms with Gasteiger partial charge >= 0.3 is 0 Å². The number of piperidine rings is 1. The van der Waals surface area contributed by atoms with Crippen LogP contribution in [0.5, 0.6) is 11.5 Å². The lowest BCUT2D eigenvalue weighted by Gasteiger charge is -2.46. The number of fused-ring (bicyclic) bond motifs is 3. The van der Waals surface area contributed by atoms with Crippen molar-refractivity contribution >= 4 is 0 Å². The van der Waals surface area contributed by atoms with Gasteiger partial charge in [-0.05, 0) is 54.3 Å². The second kappa shape index (κ2) is 6.70. The number of nitrogens with zero attached hydrogens (tertiary/aromatic N) is 1. The van der Waals surface area contributed by atoms with E-state index >= 15 is 0 Å². The van der Waals surface area contributed by atoms with Crippen molar-refractivity contribution in [3.8, 4) is 11.5 Å². The summed E-state index contributed by atoms with van der Waals surface area (Å²) < 4.78 is 37.0. The van der Waals surface area contributed by atoms with E-state index in [1.165, 1.54) is 0 Å². The highest BCUT2D eigenvalue weighted by molar-refractivity contribution is 5.49. The van der Waals surface area contributed by atoms with Gasteiger partial charge in [-0.1, -0.05) is 13.8 Å². The predicted octanol–water partition coefficient (Wildman–Crippen LogP) is 3.03. The lowest BCUT2D eigenvalue weighted by atomic mass is 9.79. The fourth-order valence-corrected chi connectivity index (χ4v) is 3.68. The molecular weight excluding hydrogens is 290 g/mol. The van der Waals surface area contributed by atoms with Gasteiger partial charge in [0, 0.05) is 23.2 Å². The number of hydrogen-bond donors (Lipinski definition) is 1. The highest BCUT2D eigenvalue weighted by Gasteiger charge is 2.38. The smallest absolute Gasteiger partial charge is 0.161 e. The maximum absolute atomic E-state index is 10.9. The summed E-state index contributed by atoms with van der Waals surface area (Å²) in [4.78, 5) is 2.02. The van der Waals surface area contributed by atoms with E-state index in [0.29, 0.717) is 31.0 Å². The van der Waals surface area contributed by atoms with E-state index in [4.69, 9.17) is 13.6 Å². The Morgan fingerprint density at radius 2 is 2.04 bits per heavy atom. The average Bonchev–Trinajstić information content (AvgIpc) is 2.57. The van der Waals surface area contributed by atoms with E-state index in [1.54, 1.807) is 14.2 Å². The van der Waals surface area contributed by atoms with Crippen LogP contribution in [0.25, 0.3) is 0 Å². The lowest BCUT2D eigenvalue weighted by molar-refractivity contribution is -0.0191. The number of methoxy groups -OCH3 is 2. The van der Waals surface area contributed by atoms with Crippen molar-refractivity contribution in [3.63, 3.8) is 0 Å². The van der Waals surface area contributed by atoms with Crippen LogP contribution < -0.4 is 9.47 Å². The minimum Gasteiger partial charge on any atom is -0.493 e. The third-order valence-corrected chi connectivity index (χ3v) is 4.75. The van der Waals surface area contributed by atoms with E-state index < -0.39 is 24.4 Å². The molecule has 1 fully saturated rings. The molecule has 4 heteroatoms. The second-order valence-corrected chi connectivity index (χ2v) is 6.85. The molecule has 2 aliphatic rings. The zero-order chi connectivity index (χ0) is 19.3. The molecule has 0 spiro atoms. The highest BCUT2D eigenvalue weighted by atomic mass is 16.5. The molecule has 4 nitrogen and oxygen atoms in total. The molecule has 0 unspecified atom stereocenters. The summed E-state index contributed by atoms with van der Waals surface area (Å²) in [5.74, 6) is 0.202.